The summed E-state index contributed by atoms with van der Waals surface area (Å²) in [5.41, 5.74) is 0.137. The molecule has 70 valence electrons. The number of hydrogen-bond donors (Lipinski definition) is 0. The van der Waals surface area contributed by atoms with Crippen molar-refractivity contribution >= 4 is 11.8 Å². The van der Waals surface area contributed by atoms with Crippen LogP contribution in [0.3, 0.4) is 0 Å². The quantitative estimate of drug-likeness (QED) is 0.313. The number of nitro groups is 1. The topological polar surface area (TPSA) is 106 Å². The largest absolute Gasteiger partial charge is 1.00 e. The Kier molecular flexibility index (Phi) is 20.8. The number of rotatable bonds is 1. The van der Waals surface area contributed by atoms with Gasteiger partial charge >= 0.3 is 138 Å². The maximum Gasteiger partial charge on any atom is 1.00 e. The van der Waals surface area contributed by atoms with E-state index in [2.05, 4.69) is 0 Å². The van der Waals surface area contributed by atoms with Gasteiger partial charge in [0.15, 0.2) is 0 Å². The molecule has 0 aliphatic rings. The van der Waals surface area contributed by atoms with Crippen LogP contribution in [0.15, 0.2) is 30.3 Å². The van der Waals surface area contributed by atoms with Crippen LogP contribution in [0.2, 0.25) is 0 Å². The van der Waals surface area contributed by atoms with Crippen molar-refractivity contribution in [1.82, 2.24) is 0 Å². The number of hydrogen-bond acceptors (Lipinski definition) is 5. The van der Waals surface area contributed by atoms with Gasteiger partial charge in [0.25, 0.3) is 5.69 Å². The van der Waals surface area contributed by atoms with Crippen LogP contribution in [0.5, 0.6) is 0 Å². The first-order valence-electron chi connectivity index (χ1n) is 3.11. The molecule has 1 aromatic rings. The smallest absolute Gasteiger partial charge is 0.652 e. The molecule has 0 aliphatic carbocycles. The summed E-state index contributed by atoms with van der Waals surface area (Å²) in [4.78, 5) is 17.9. The van der Waals surface area contributed by atoms with Gasteiger partial charge in [0.2, 0.25) is 0 Å². The van der Waals surface area contributed by atoms with Crippen LogP contribution >= 0.6 is 0 Å². The maximum atomic E-state index is 10.0. The van der Waals surface area contributed by atoms with Gasteiger partial charge in [-0.25, -0.2) is 0 Å². The van der Waals surface area contributed by atoms with E-state index in [-0.39, 0.29) is 143 Å². The third-order valence-corrected chi connectivity index (χ3v) is 0.967. The SMILES string of the molecule is O=C([O-])[O-].O=[N+]([O-])c1ccccc1.[Cs+].[Cs+]. The van der Waals surface area contributed by atoms with Crippen molar-refractivity contribution in [3.63, 3.8) is 0 Å². The summed E-state index contributed by atoms with van der Waals surface area (Å²) in [6.45, 7) is 0. The third-order valence-electron chi connectivity index (χ3n) is 0.967. The number of nitro benzene ring substituents is 1. The van der Waals surface area contributed by atoms with Gasteiger partial charge in [-0.1, -0.05) is 18.2 Å². The Morgan fingerprint density at radius 1 is 1.07 bits per heavy atom. The Morgan fingerprint density at radius 2 is 1.40 bits per heavy atom. The molecule has 0 saturated carbocycles. The Hall–Kier alpha value is 1.99. The van der Waals surface area contributed by atoms with Crippen molar-refractivity contribution in [3.05, 3.63) is 40.4 Å². The summed E-state index contributed by atoms with van der Waals surface area (Å²) in [7, 11) is 0. The van der Waals surface area contributed by atoms with Crippen molar-refractivity contribution in [2.24, 2.45) is 0 Å². The molecule has 0 unspecified atom stereocenters. The molecule has 0 fully saturated rings. The normalized spacial score (nSPS) is 6.93. The van der Waals surface area contributed by atoms with Crippen molar-refractivity contribution in [2.75, 3.05) is 0 Å². The third kappa shape index (κ3) is 16.0. The van der Waals surface area contributed by atoms with E-state index >= 15 is 0 Å². The number of carbonyl (C=O) groups excluding carboxylic acids is 1. The van der Waals surface area contributed by atoms with Crippen LogP contribution in [0.4, 0.5) is 10.5 Å². The van der Waals surface area contributed by atoms with E-state index in [9.17, 15) is 10.1 Å². The van der Waals surface area contributed by atoms with Gasteiger partial charge in [-0.2, -0.15) is 0 Å². The summed E-state index contributed by atoms with van der Waals surface area (Å²) in [6.07, 6.45) is -2.33. The average molecular weight is 449 g/mol. The number of benzene rings is 1. The van der Waals surface area contributed by atoms with Crippen LogP contribution in [-0.4, -0.2) is 11.1 Å². The van der Waals surface area contributed by atoms with Gasteiger partial charge in [0, 0.05) is 12.1 Å². The predicted molar refractivity (Wildman–Crippen MR) is 38.5 cm³/mol. The van der Waals surface area contributed by atoms with Crippen molar-refractivity contribution in [1.29, 1.82) is 0 Å². The Bertz CT molecular complexity index is 289. The predicted octanol–water partition coefficient (Wildman–Crippen LogP) is -6.84. The molecule has 0 radical (unpaired) electrons. The number of carbonyl (C=O) groups is 1. The molecule has 0 atom stereocenters. The van der Waals surface area contributed by atoms with E-state index in [1.54, 1.807) is 18.2 Å². The minimum atomic E-state index is -2.33. The van der Waals surface area contributed by atoms with Gasteiger partial charge in [0.05, 0.1) is 4.92 Å². The van der Waals surface area contributed by atoms with E-state index in [1.165, 1.54) is 12.1 Å². The van der Waals surface area contributed by atoms with E-state index in [4.69, 9.17) is 15.0 Å². The van der Waals surface area contributed by atoms with E-state index < -0.39 is 11.1 Å². The molecule has 6 nitrogen and oxygen atoms in total. The summed E-state index contributed by atoms with van der Waals surface area (Å²) in [5.74, 6) is 0. The van der Waals surface area contributed by atoms with Crippen molar-refractivity contribution in [3.8, 4) is 0 Å². The molecule has 0 aromatic heterocycles. The van der Waals surface area contributed by atoms with Crippen LogP contribution in [-0.2, 0) is 0 Å². The zero-order chi connectivity index (χ0) is 10.3. The molecule has 15 heavy (non-hydrogen) atoms. The molecule has 1 aromatic carbocycles. The molecule has 0 saturated heterocycles. The molecular weight excluding hydrogens is 444 g/mol. The zero-order valence-electron chi connectivity index (χ0n) is 8.38. The van der Waals surface area contributed by atoms with E-state index in [1.807, 2.05) is 0 Å². The number of carboxylic acid groups (broad SMARTS) is 2. The summed E-state index contributed by atoms with van der Waals surface area (Å²) in [6, 6.07) is 7.93. The van der Waals surface area contributed by atoms with Gasteiger partial charge in [-0.15, -0.1) is 0 Å². The standard InChI is InChI=1S/C6H5NO2.CH2O3.2Cs/c8-7(9)6-4-2-1-3-5-6;2-1(3)4;;/h1-5H;(H2,2,3,4);;/q;;2*+1/p-2. The first kappa shape index (κ1) is 22.2. The van der Waals surface area contributed by atoms with Gasteiger partial charge in [0.1, 0.15) is 0 Å². The molecule has 0 heterocycles. The number of non-ortho nitro benzene ring substituents is 1. The average Bonchev–Trinajstić information content (AvgIpc) is 2.05. The van der Waals surface area contributed by atoms with Gasteiger partial charge in [-0.05, 0) is 6.16 Å². The number of para-hydroxylation sites is 1. The molecule has 0 N–H and O–H groups in total. The van der Waals surface area contributed by atoms with Crippen LogP contribution < -0.4 is 148 Å². The van der Waals surface area contributed by atoms with Gasteiger partial charge < -0.3 is 15.0 Å². The Morgan fingerprint density at radius 3 is 1.60 bits per heavy atom. The molecule has 8 heteroatoms. The molecule has 1 rings (SSSR count). The number of nitrogens with zero attached hydrogens (tertiary/aromatic N) is 1. The fraction of sp³-hybridized carbons (Fsp3) is 0. The second kappa shape index (κ2) is 14.1. The second-order valence-corrected chi connectivity index (χ2v) is 1.84. The van der Waals surface area contributed by atoms with Gasteiger partial charge in [-0.3, -0.25) is 10.1 Å². The van der Waals surface area contributed by atoms with E-state index in [0.29, 0.717) is 0 Å². The first-order valence-corrected chi connectivity index (χ1v) is 3.11. The summed E-state index contributed by atoms with van der Waals surface area (Å²) >= 11 is 0. The van der Waals surface area contributed by atoms with Crippen LogP contribution in [0, 0.1) is 10.1 Å². The molecule has 0 bridgehead atoms. The maximum absolute atomic E-state index is 10.0. The first-order chi connectivity index (χ1) is 6.04. The van der Waals surface area contributed by atoms with Crippen molar-refractivity contribution < 1.29 is 158 Å². The van der Waals surface area contributed by atoms with Crippen LogP contribution in [0.1, 0.15) is 0 Å². The molecular formula is C7H5Cs2NO5. The fourth-order valence-corrected chi connectivity index (χ4v) is 0.550. The van der Waals surface area contributed by atoms with Crippen molar-refractivity contribution in [2.45, 2.75) is 0 Å². The Balaban J connectivity index is -0.000000213. The second-order valence-electron chi connectivity index (χ2n) is 1.84. The Labute approximate surface area is 204 Å². The minimum Gasteiger partial charge on any atom is -0.652 e. The molecule has 0 amide bonds. The summed E-state index contributed by atoms with van der Waals surface area (Å²) < 4.78 is 0. The van der Waals surface area contributed by atoms with E-state index in [0.717, 1.165) is 0 Å². The monoisotopic (exact) mass is 449 g/mol. The molecule has 0 aliphatic heterocycles. The van der Waals surface area contributed by atoms with Crippen LogP contribution in [0.25, 0.3) is 0 Å². The fourth-order valence-electron chi connectivity index (χ4n) is 0.550. The zero-order valence-corrected chi connectivity index (χ0v) is 20.9. The minimum absolute atomic E-state index is 0. The summed E-state index contributed by atoms with van der Waals surface area (Å²) in [5, 5.41) is 26.7. The molecule has 0 spiro atoms.